The van der Waals surface area contributed by atoms with Gasteiger partial charge in [0.25, 0.3) is 0 Å². The van der Waals surface area contributed by atoms with E-state index in [2.05, 4.69) is 18.8 Å². The van der Waals surface area contributed by atoms with E-state index in [0.29, 0.717) is 23.9 Å². The van der Waals surface area contributed by atoms with Gasteiger partial charge in [-0.2, -0.15) is 0 Å². The molecule has 0 bridgehead atoms. The van der Waals surface area contributed by atoms with Crippen LogP contribution in [0.1, 0.15) is 31.4 Å². The molecule has 1 aliphatic rings. The van der Waals surface area contributed by atoms with Gasteiger partial charge in [0.05, 0.1) is 7.11 Å². The zero-order chi connectivity index (χ0) is 14.7. The minimum atomic E-state index is -0.380. The molecular formula is C16H19NO3. The van der Waals surface area contributed by atoms with Gasteiger partial charge in [-0.15, -0.1) is 0 Å². The average Bonchev–Trinajstić information content (AvgIpc) is 2.69. The molecule has 106 valence electrons. The fraction of sp³-hybridized carbons (Fsp3) is 0.375. The Morgan fingerprint density at radius 1 is 1.40 bits per heavy atom. The zero-order valence-electron chi connectivity index (χ0n) is 12.3. The first-order valence-corrected chi connectivity index (χ1v) is 6.65. The summed E-state index contributed by atoms with van der Waals surface area (Å²) in [7, 11) is 1.64. The number of rotatable bonds is 4. The van der Waals surface area contributed by atoms with E-state index in [1.165, 1.54) is 0 Å². The van der Waals surface area contributed by atoms with Crippen LogP contribution >= 0.6 is 0 Å². The normalized spacial score (nSPS) is 16.6. The Morgan fingerprint density at radius 2 is 2.15 bits per heavy atom. The van der Waals surface area contributed by atoms with E-state index in [0.717, 1.165) is 16.9 Å². The first kappa shape index (κ1) is 14.3. The minimum absolute atomic E-state index is 0.352. The first-order chi connectivity index (χ1) is 9.49. The van der Waals surface area contributed by atoms with Gasteiger partial charge in [0.15, 0.2) is 11.6 Å². The van der Waals surface area contributed by atoms with Gasteiger partial charge in [-0.3, -0.25) is 0 Å². The zero-order valence-corrected chi connectivity index (χ0v) is 12.3. The van der Waals surface area contributed by atoms with Crippen molar-refractivity contribution < 1.29 is 14.3 Å². The summed E-state index contributed by atoms with van der Waals surface area (Å²) in [6.45, 7) is 6.08. The van der Waals surface area contributed by atoms with Gasteiger partial charge in [-0.1, -0.05) is 19.9 Å². The molecule has 0 saturated carbocycles. The summed E-state index contributed by atoms with van der Waals surface area (Å²) < 4.78 is 10.4. The smallest absolute Gasteiger partial charge is 0.363 e. The van der Waals surface area contributed by atoms with E-state index in [9.17, 15) is 4.79 Å². The van der Waals surface area contributed by atoms with Crippen molar-refractivity contribution in [2.24, 2.45) is 10.9 Å². The van der Waals surface area contributed by atoms with Crippen molar-refractivity contribution in [1.29, 1.82) is 0 Å². The molecule has 2 rings (SSSR count). The van der Waals surface area contributed by atoms with Crippen molar-refractivity contribution in [3.05, 3.63) is 35.0 Å². The molecule has 0 radical (unpaired) electrons. The standard InChI is InChI=1S/C16H19NO3/c1-10(2)7-15-17-13(16(18)20-15)9-12-5-6-14(19-4)11(3)8-12/h5-6,8-10H,7H2,1-4H3/b13-9+. The number of esters is 1. The molecule has 0 spiro atoms. The van der Waals surface area contributed by atoms with Crippen molar-refractivity contribution in [2.75, 3.05) is 7.11 Å². The number of methoxy groups -OCH3 is 1. The van der Waals surface area contributed by atoms with E-state index in [1.807, 2.05) is 25.1 Å². The third-order valence-corrected chi connectivity index (χ3v) is 2.97. The molecule has 4 nitrogen and oxygen atoms in total. The molecule has 0 N–H and O–H groups in total. The van der Waals surface area contributed by atoms with Gasteiger partial charge >= 0.3 is 5.97 Å². The number of ether oxygens (including phenoxy) is 2. The highest BCUT2D eigenvalue weighted by atomic mass is 16.6. The van der Waals surface area contributed by atoms with Crippen LogP contribution < -0.4 is 4.74 Å². The highest BCUT2D eigenvalue weighted by molar-refractivity contribution is 6.07. The Labute approximate surface area is 119 Å². The molecular weight excluding hydrogens is 254 g/mol. The fourth-order valence-electron chi connectivity index (χ4n) is 2.04. The molecule has 0 amide bonds. The van der Waals surface area contributed by atoms with Crippen molar-refractivity contribution in [1.82, 2.24) is 0 Å². The van der Waals surface area contributed by atoms with Crippen LogP contribution in [0.5, 0.6) is 5.75 Å². The second-order valence-electron chi connectivity index (χ2n) is 5.25. The maximum absolute atomic E-state index is 11.7. The Balaban J connectivity index is 2.24. The summed E-state index contributed by atoms with van der Waals surface area (Å²) in [5.74, 6) is 1.35. The van der Waals surface area contributed by atoms with Gasteiger partial charge in [-0.05, 0) is 42.2 Å². The van der Waals surface area contributed by atoms with Crippen LogP contribution in [0.3, 0.4) is 0 Å². The van der Waals surface area contributed by atoms with E-state index >= 15 is 0 Å². The highest BCUT2D eigenvalue weighted by Gasteiger charge is 2.23. The lowest BCUT2D eigenvalue weighted by Crippen LogP contribution is -2.06. The Hall–Kier alpha value is -2.10. The molecule has 0 fully saturated rings. The predicted octanol–water partition coefficient (Wildman–Crippen LogP) is 3.35. The third kappa shape index (κ3) is 3.26. The minimum Gasteiger partial charge on any atom is -0.496 e. The Bertz CT molecular complexity index is 585. The summed E-state index contributed by atoms with van der Waals surface area (Å²) in [6, 6.07) is 5.72. The number of nitrogens with zero attached hydrogens (tertiary/aromatic N) is 1. The molecule has 1 aliphatic heterocycles. The lowest BCUT2D eigenvalue weighted by molar-refractivity contribution is -0.130. The number of cyclic esters (lactones) is 1. The van der Waals surface area contributed by atoms with Crippen molar-refractivity contribution in [3.8, 4) is 5.75 Å². The number of benzene rings is 1. The molecule has 0 saturated heterocycles. The van der Waals surface area contributed by atoms with E-state index in [1.54, 1.807) is 13.2 Å². The van der Waals surface area contributed by atoms with Crippen LogP contribution in [0.15, 0.2) is 28.9 Å². The average molecular weight is 273 g/mol. The van der Waals surface area contributed by atoms with Gasteiger partial charge in [0.2, 0.25) is 0 Å². The summed E-state index contributed by atoms with van der Waals surface area (Å²) in [5, 5.41) is 0. The van der Waals surface area contributed by atoms with Crippen LogP contribution in [-0.4, -0.2) is 19.0 Å². The maximum atomic E-state index is 11.7. The van der Waals surface area contributed by atoms with Crippen LogP contribution in [0.4, 0.5) is 0 Å². The number of aryl methyl sites for hydroxylation is 1. The molecule has 20 heavy (non-hydrogen) atoms. The maximum Gasteiger partial charge on any atom is 0.363 e. The van der Waals surface area contributed by atoms with E-state index < -0.39 is 0 Å². The van der Waals surface area contributed by atoms with E-state index in [4.69, 9.17) is 9.47 Å². The monoisotopic (exact) mass is 273 g/mol. The highest BCUT2D eigenvalue weighted by Crippen LogP contribution is 2.22. The Morgan fingerprint density at radius 3 is 2.75 bits per heavy atom. The largest absolute Gasteiger partial charge is 0.496 e. The van der Waals surface area contributed by atoms with Crippen molar-refractivity contribution in [3.63, 3.8) is 0 Å². The number of carbonyl (C=O) groups is 1. The van der Waals surface area contributed by atoms with Gasteiger partial charge in [0, 0.05) is 6.42 Å². The molecule has 0 aliphatic carbocycles. The van der Waals surface area contributed by atoms with Gasteiger partial charge in [-0.25, -0.2) is 9.79 Å². The molecule has 0 atom stereocenters. The molecule has 1 aromatic carbocycles. The quantitative estimate of drug-likeness (QED) is 0.624. The third-order valence-electron chi connectivity index (χ3n) is 2.97. The molecule has 1 aromatic rings. The van der Waals surface area contributed by atoms with E-state index in [-0.39, 0.29) is 5.97 Å². The summed E-state index contributed by atoms with van der Waals surface area (Å²) in [4.78, 5) is 16.0. The second kappa shape index (κ2) is 5.90. The second-order valence-corrected chi connectivity index (χ2v) is 5.25. The SMILES string of the molecule is COc1ccc(/C=C2/N=C(CC(C)C)OC2=O)cc1C. The van der Waals surface area contributed by atoms with Crippen LogP contribution in [0, 0.1) is 12.8 Å². The molecule has 1 heterocycles. The molecule has 0 aromatic heterocycles. The molecule has 4 heteroatoms. The molecule has 0 unspecified atom stereocenters. The predicted molar refractivity (Wildman–Crippen MR) is 78.7 cm³/mol. The van der Waals surface area contributed by atoms with Crippen LogP contribution in [0.25, 0.3) is 6.08 Å². The lowest BCUT2D eigenvalue weighted by atomic mass is 10.1. The number of aliphatic imine (C=N–C) groups is 1. The Kier molecular flexibility index (Phi) is 4.23. The van der Waals surface area contributed by atoms with Crippen LogP contribution in [0.2, 0.25) is 0 Å². The van der Waals surface area contributed by atoms with Crippen molar-refractivity contribution in [2.45, 2.75) is 27.2 Å². The number of hydrogen-bond acceptors (Lipinski definition) is 4. The summed E-state index contributed by atoms with van der Waals surface area (Å²) >= 11 is 0. The van der Waals surface area contributed by atoms with Gasteiger partial charge in [0.1, 0.15) is 5.75 Å². The van der Waals surface area contributed by atoms with Crippen molar-refractivity contribution >= 4 is 17.9 Å². The first-order valence-electron chi connectivity index (χ1n) is 6.65. The van der Waals surface area contributed by atoms with Crippen LogP contribution in [-0.2, 0) is 9.53 Å². The fourth-order valence-corrected chi connectivity index (χ4v) is 2.04. The summed E-state index contributed by atoms with van der Waals surface area (Å²) in [5.41, 5.74) is 2.27. The van der Waals surface area contributed by atoms with Gasteiger partial charge < -0.3 is 9.47 Å². The topological polar surface area (TPSA) is 47.9 Å². The summed E-state index contributed by atoms with van der Waals surface area (Å²) in [6.07, 6.45) is 2.41. The lowest BCUT2D eigenvalue weighted by Gasteiger charge is -2.04. The number of carbonyl (C=O) groups excluding carboxylic acids is 1. The number of hydrogen-bond donors (Lipinski definition) is 0.